The number of anilines is 1. The number of sulfonamides is 2. The Morgan fingerprint density at radius 1 is 0.913 bits per heavy atom. The van der Waals surface area contributed by atoms with Crippen LogP contribution in [0, 0.1) is 6.92 Å². The first-order valence-corrected chi connectivity index (χ1v) is 9.83. The van der Waals surface area contributed by atoms with E-state index in [1.54, 1.807) is 19.1 Å². The summed E-state index contributed by atoms with van der Waals surface area (Å²) in [4.78, 5) is 0.110. The van der Waals surface area contributed by atoms with Gasteiger partial charge in [0.1, 0.15) is 0 Å². The van der Waals surface area contributed by atoms with E-state index in [0.29, 0.717) is 10.6 Å². The number of halogens is 1. The molecule has 2 rings (SSSR count). The van der Waals surface area contributed by atoms with E-state index in [4.69, 9.17) is 11.6 Å². The van der Waals surface area contributed by atoms with Gasteiger partial charge in [-0.05, 0) is 55.9 Å². The SMILES string of the molecule is CNS(=O)(=O)c1ccc(NS(=O)(=O)c2cccc(Cl)c2C)cc1. The Bertz CT molecular complexity index is 924. The van der Waals surface area contributed by atoms with Gasteiger partial charge >= 0.3 is 0 Å². The maximum atomic E-state index is 12.4. The highest BCUT2D eigenvalue weighted by Gasteiger charge is 2.18. The number of benzene rings is 2. The molecule has 0 fully saturated rings. The Balaban J connectivity index is 2.33. The molecule has 2 aromatic carbocycles. The summed E-state index contributed by atoms with van der Waals surface area (Å²) in [5, 5.41) is 0.350. The van der Waals surface area contributed by atoms with Crippen LogP contribution >= 0.6 is 11.6 Å². The highest BCUT2D eigenvalue weighted by molar-refractivity contribution is 7.92. The van der Waals surface area contributed by atoms with Crippen LogP contribution in [0.2, 0.25) is 5.02 Å². The van der Waals surface area contributed by atoms with Crippen molar-refractivity contribution in [2.75, 3.05) is 11.8 Å². The molecular formula is C14H15ClN2O4S2. The molecule has 9 heteroatoms. The molecule has 6 nitrogen and oxygen atoms in total. The first-order valence-electron chi connectivity index (χ1n) is 6.49. The lowest BCUT2D eigenvalue weighted by Crippen LogP contribution is -2.18. The zero-order chi connectivity index (χ0) is 17.3. The molecule has 0 radical (unpaired) electrons. The Labute approximate surface area is 140 Å². The van der Waals surface area contributed by atoms with Crippen LogP contribution < -0.4 is 9.44 Å². The highest BCUT2D eigenvalue weighted by Crippen LogP contribution is 2.25. The second-order valence-electron chi connectivity index (χ2n) is 4.70. The molecule has 0 saturated heterocycles. The standard InChI is InChI=1S/C14H15ClN2O4S2/c1-10-13(15)4-3-5-14(10)23(20,21)17-11-6-8-12(9-7-11)22(18,19)16-2/h3-9,16-17H,1-2H3. The second kappa shape index (κ2) is 6.48. The van der Waals surface area contributed by atoms with E-state index < -0.39 is 20.0 Å². The van der Waals surface area contributed by atoms with Crippen LogP contribution in [-0.2, 0) is 20.0 Å². The topological polar surface area (TPSA) is 92.3 Å². The van der Waals surface area contributed by atoms with E-state index >= 15 is 0 Å². The minimum atomic E-state index is -3.82. The van der Waals surface area contributed by atoms with Gasteiger partial charge in [-0.3, -0.25) is 4.72 Å². The first-order chi connectivity index (χ1) is 10.7. The highest BCUT2D eigenvalue weighted by atomic mass is 35.5. The average Bonchev–Trinajstić information content (AvgIpc) is 2.50. The first kappa shape index (κ1) is 17.7. The minimum absolute atomic E-state index is 0.0434. The molecule has 0 aliphatic carbocycles. The molecule has 23 heavy (non-hydrogen) atoms. The molecule has 0 heterocycles. The van der Waals surface area contributed by atoms with Crippen LogP contribution in [-0.4, -0.2) is 23.9 Å². The van der Waals surface area contributed by atoms with Crippen molar-refractivity contribution in [3.63, 3.8) is 0 Å². The fourth-order valence-corrected chi connectivity index (χ4v) is 4.20. The molecule has 0 aliphatic heterocycles. The van der Waals surface area contributed by atoms with Crippen LogP contribution in [0.25, 0.3) is 0 Å². The van der Waals surface area contributed by atoms with Crippen LogP contribution in [0.1, 0.15) is 5.56 Å². The van der Waals surface area contributed by atoms with Crippen molar-refractivity contribution in [3.05, 3.63) is 53.1 Å². The zero-order valence-electron chi connectivity index (χ0n) is 12.4. The van der Waals surface area contributed by atoms with Gasteiger partial charge in [-0.25, -0.2) is 21.6 Å². The monoisotopic (exact) mass is 374 g/mol. The zero-order valence-corrected chi connectivity index (χ0v) is 14.8. The summed E-state index contributed by atoms with van der Waals surface area (Å²) in [5.41, 5.74) is 0.690. The molecule has 124 valence electrons. The molecule has 0 unspecified atom stereocenters. The molecule has 0 amide bonds. The van der Waals surface area contributed by atoms with E-state index in [1.165, 1.54) is 37.4 Å². The molecular weight excluding hydrogens is 360 g/mol. The van der Waals surface area contributed by atoms with Crippen LogP contribution in [0.15, 0.2) is 52.3 Å². The number of hydrogen-bond donors (Lipinski definition) is 2. The molecule has 0 atom stereocenters. The van der Waals surface area contributed by atoms with Crippen molar-refractivity contribution in [3.8, 4) is 0 Å². The van der Waals surface area contributed by atoms with Crippen LogP contribution in [0.3, 0.4) is 0 Å². The van der Waals surface area contributed by atoms with Gasteiger partial charge in [-0.1, -0.05) is 17.7 Å². The molecule has 0 aromatic heterocycles. The van der Waals surface area contributed by atoms with Gasteiger partial charge in [-0.2, -0.15) is 0 Å². The smallest absolute Gasteiger partial charge is 0.262 e. The predicted octanol–water partition coefficient (Wildman–Crippen LogP) is 2.36. The molecule has 2 N–H and O–H groups in total. The fraction of sp³-hybridized carbons (Fsp3) is 0.143. The van der Waals surface area contributed by atoms with Gasteiger partial charge < -0.3 is 0 Å². The third-order valence-electron chi connectivity index (χ3n) is 3.19. The van der Waals surface area contributed by atoms with Crippen molar-refractivity contribution in [2.45, 2.75) is 16.7 Å². The summed E-state index contributed by atoms with van der Waals surface area (Å²) in [6.45, 7) is 1.61. The van der Waals surface area contributed by atoms with Gasteiger partial charge in [-0.15, -0.1) is 0 Å². The van der Waals surface area contributed by atoms with E-state index in [0.717, 1.165) is 0 Å². The molecule has 0 spiro atoms. The Morgan fingerprint density at radius 2 is 1.52 bits per heavy atom. The summed E-state index contributed by atoms with van der Waals surface area (Å²) < 4.78 is 52.7. The van der Waals surface area contributed by atoms with Crippen LogP contribution in [0.4, 0.5) is 5.69 Å². The second-order valence-corrected chi connectivity index (χ2v) is 8.64. The van der Waals surface area contributed by atoms with Crippen molar-refractivity contribution in [1.82, 2.24) is 4.72 Å². The fourth-order valence-electron chi connectivity index (χ4n) is 1.91. The van der Waals surface area contributed by atoms with Gasteiger partial charge in [0.2, 0.25) is 10.0 Å². The van der Waals surface area contributed by atoms with E-state index in [9.17, 15) is 16.8 Å². The lowest BCUT2D eigenvalue weighted by atomic mass is 10.2. The maximum absolute atomic E-state index is 12.4. The van der Waals surface area contributed by atoms with Gasteiger partial charge in [0.15, 0.2) is 0 Å². The van der Waals surface area contributed by atoms with Crippen LogP contribution in [0.5, 0.6) is 0 Å². The van der Waals surface area contributed by atoms with Crippen molar-refractivity contribution in [1.29, 1.82) is 0 Å². The summed E-state index contributed by atoms with van der Waals surface area (Å²) >= 11 is 5.94. The summed E-state index contributed by atoms with van der Waals surface area (Å²) in [7, 11) is -6.09. The third-order valence-corrected chi connectivity index (χ3v) is 6.56. The normalized spacial score (nSPS) is 12.1. The van der Waals surface area contributed by atoms with Crippen molar-refractivity contribution >= 4 is 37.3 Å². The molecule has 0 bridgehead atoms. The lowest BCUT2D eigenvalue weighted by molar-refractivity contribution is 0.588. The average molecular weight is 375 g/mol. The van der Waals surface area contributed by atoms with Crippen molar-refractivity contribution < 1.29 is 16.8 Å². The van der Waals surface area contributed by atoms with E-state index in [2.05, 4.69) is 9.44 Å². The Hall–Kier alpha value is -1.61. The van der Waals surface area contributed by atoms with Gasteiger partial charge in [0, 0.05) is 10.7 Å². The van der Waals surface area contributed by atoms with E-state index in [-0.39, 0.29) is 15.5 Å². The largest absolute Gasteiger partial charge is 0.280 e. The lowest BCUT2D eigenvalue weighted by Gasteiger charge is -2.11. The predicted molar refractivity (Wildman–Crippen MR) is 89.7 cm³/mol. The molecule has 2 aromatic rings. The number of nitrogens with one attached hydrogen (secondary N) is 2. The third kappa shape index (κ3) is 3.84. The van der Waals surface area contributed by atoms with Gasteiger partial charge in [0.25, 0.3) is 10.0 Å². The molecule has 0 aliphatic rings. The Kier molecular flexibility index (Phi) is 5.00. The molecule has 0 saturated carbocycles. The summed E-state index contributed by atoms with van der Waals surface area (Å²) in [6.07, 6.45) is 0. The minimum Gasteiger partial charge on any atom is -0.280 e. The van der Waals surface area contributed by atoms with Gasteiger partial charge in [0.05, 0.1) is 9.79 Å². The quantitative estimate of drug-likeness (QED) is 0.840. The van der Waals surface area contributed by atoms with E-state index in [1.807, 2.05) is 0 Å². The van der Waals surface area contributed by atoms with Crippen molar-refractivity contribution in [2.24, 2.45) is 0 Å². The number of hydrogen-bond acceptors (Lipinski definition) is 4. The summed E-state index contributed by atoms with van der Waals surface area (Å²) in [6, 6.07) is 9.98. The number of rotatable bonds is 5. The maximum Gasteiger partial charge on any atom is 0.262 e. The Morgan fingerprint density at radius 3 is 2.09 bits per heavy atom. The summed E-state index contributed by atoms with van der Waals surface area (Å²) in [5.74, 6) is 0.